The van der Waals surface area contributed by atoms with Gasteiger partial charge in [-0.1, -0.05) is 0 Å². The van der Waals surface area contributed by atoms with Gasteiger partial charge in [0.05, 0.1) is 17.6 Å². The lowest BCUT2D eigenvalue weighted by Crippen LogP contribution is -2.02. The maximum Gasteiger partial charge on any atom is 0.270 e. The molecule has 0 spiro atoms. The van der Waals surface area contributed by atoms with Crippen molar-refractivity contribution in [1.82, 2.24) is 0 Å². The number of benzene rings is 1. The van der Waals surface area contributed by atoms with E-state index in [0.717, 1.165) is 0 Å². The first-order valence-electron chi connectivity index (χ1n) is 4.50. The number of hydrogen-bond acceptors (Lipinski definition) is 5. The standard InChI is InChI=1S/C10H9NO5/c1-14-9-3-2-7(11(12)13)6-8(9)10-15-4-5-16-10/h2-6,10H,1H3. The number of rotatable bonds is 3. The first-order chi connectivity index (χ1) is 7.72. The zero-order valence-corrected chi connectivity index (χ0v) is 8.45. The number of methoxy groups -OCH3 is 1. The summed E-state index contributed by atoms with van der Waals surface area (Å²) in [5.74, 6) is 0.485. The van der Waals surface area contributed by atoms with Crippen molar-refractivity contribution in [3.63, 3.8) is 0 Å². The van der Waals surface area contributed by atoms with Crippen LogP contribution in [0, 0.1) is 10.1 Å². The predicted molar refractivity (Wildman–Crippen MR) is 53.7 cm³/mol. The highest BCUT2D eigenvalue weighted by Gasteiger charge is 2.23. The lowest BCUT2D eigenvalue weighted by molar-refractivity contribution is -0.385. The second-order valence-electron chi connectivity index (χ2n) is 3.06. The first kappa shape index (κ1) is 10.3. The van der Waals surface area contributed by atoms with Crippen molar-refractivity contribution < 1.29 is 19.1 Å². The maximum absolute atomic E-state index is 10.6. The van der Waals surface area contributed by atoms with E-state index in [1.807, 2.05) is 0 Å². The van der Waals surface area contributed by atoms with Crippen molar-refractivity contribution in [2.45, 2.75) is 6.29 Å². The van der Waals surface area contributed by atoms with Crippen LogP contribution in [0.5, 0.6) is 5.75 Å². The average Bonchev–Trinajstić information content (AvgIpc) is 2.81. The van der Waals surface area contributed by atoms with Crippen molar-refractivity contribution in [2.75, 3.05) is 7.11 Å². The van der Waals surface area contributed by atoms with Crippen molar-refractivity contribution in [2.24, 2.45) is 0 Å². The molecule has 0 bridgehead atoms. The van der Waals surface area contributed by atoms with Crippen molar-refractivity contribution >= 4 is 5.69 Å². The summed E-state index contributed by atoms with van der Waals surface area (Å²) in [6.07, 6.45) is 2.07. The summed E-state index contributed by atoms with van der Waals surface area (Å²) < 4.78 is 15.3. The molecule has 2 rings (SSSR count). The molecule has 0 aromatic heterocycles. The number of ether oxygens (including phenoxy) is 3. The molecule has 0 radical (unpaired) electrons. The van der Waals surface area contributed by atoms with Crippen LogP contribution >= 0.6 is 0 Å². The summed E-state index contributed by atoms with van der Waals surface area (Å²) in [7, 11) is 1.48. The highest BCUT2D eigenvalue weighted by Crippen LogP contribution is 2.34. The molecular formula is C10H9NO5. The Morgan fingerprint density at radius 1 is 1.38 bits per heavy atom. The van der Waals surface area contributed by atoms with Crippen LogP contribution < -0.4 is 4.74 Å². The third-order valence-electron chi connectivity index (χ3n) is 2.14. The molecule has 84 valence electrons. The molecule has 1 heterocycles. The number of nitrogens with zero attached hydrogens (tertiary/aromatic N) is 1. The van der Waals surface area contributed by atoms with E-state index < -0.39 is 11.2 Å². The minimum Gasteiger partial charge on any atom is -0.496 e. The van der Waals surface area contributed by atoms with Gasteiger partial charge in [-0.2, -0.15) is 0 Å². The lowest BCUT2D eigenvalue weighted by Gasteiger charge is -2.13. The van der Waals surface area contributed by atoms with Gasteiger partial charge in [0.15, 0.2) is 0 Å². The molecular weight excluding hydrogens is 214 g/mol. The van der Waals surface area contributed by atoms with E-state index in [1.165, 1.54) is 37.8 Å². The van der Waals surface area contributed by atoms with Crippen LogP contribution in [-0.2, 0) is 9.47 Å². The lowest BCUT2D eigenvalue weighted by atomic mass is 10.1. The van der Waals surface area contributed by atoms with E-state index in [2.05, 4.69) is 0 Å². The van der Waals surface area contributed by atoms with E-state index in [1.54, 1.807) is 0 Å². The number of hydrogen-bond donors (Lipinski definition) is 0. The van der Waals surface area contributed by atoms with E-state index in [9.17, 15) is 10.1 Å². The molecule has 0 saturated heterocycles. The molecule has 0 N–H and O–H groups in total. The number of non-ortho nitro benzene ring substituents is 1. The topological polar surface area (TPSA) is 70.8 Å². The minimum absolute atomic E-state index is 0.0325. The van der Waals surface area contributed by atoms with Gasteiger partial charge in [0, 0.05) is 12.1 Å². The van der Waals surface area contributed by atoms with Gasteiger partial charge >= 0.3 is 0 Å². The molecule has 0 aliphatic carbocycles. The van der Waals surface area contributed by atoms with Crippen LogP contribution in [0.25, 0.3) is 0 Å². The summed E-state index contributed by atoms with van der Waals surface area (Å²) in [5.41, 5.74) is 0.455. The van der Waals surface area contributed by atoms with Gasteiger partial charge in [0.2, 0.25) is 0 Å². The molecule has 6 nitrogen and oxygen atoms in total. The molecule has 0 saturated carbocycles. The maximum atomic E-state index is 10.6. The molecule has 0 amide bonds. The van der Waals surface area contributed by atoms with Crippen LogP contribution in [0.1, 0.15) is 11.9 Å². The molecule has 6 heteroatoms. The van der Waals surface area contributed by atoms with Gasteiger partial charge in [-0.05, 0) is 6.07 Å². The van der Waals surface area contributed by atoms with E-state index in [4.69, 9.17) is 14.2 Å². The van der Waals surface area contributed by atoms with Crippen molar-refractivity contribution in [3.8, 4) is 5.75 Å². The highest BCUT2D eigenvalue weighted by atomic mass is 16.7. The van der Waals surface area contributed by atoms with Gasteiger partial charge in [-0.15, -0.1) is 0 Å². The average molecular weight is 223 g/mol. The fourth-order valence-electron chi connectivity index (χ4n) is 1.41. The molecule has 1 aromatic carbocycles. The second kappa shape index (κ2) is 4.09. The van der Waals surface area contributed by atoms with Crippen LogP contribution in [0.4, 0.5) is 5.69 Å². The van der Waals surface area contributed by atoms with Crippen LogP contribution in [0.15, 0.2) is 30.7 Å². The fraction of sp³-hybridized carbons (Fsp3) is 0.200. The SMILES string of the molecule is COc1ccc([N+](=O)[O-])cc1C1OC=CO1. The van der Waals surface area contributed by atoms with E-state index >= 15 is 0 Å². The smallest absolute Gasteiger partial charge is 0.270 e. The molecule has 1 aliphatic heterocycles. The number of nitro benzene ring substituents is 1. The Morgan fingerprint density at radius 3 is 2.62 bits per heavy atom. The van der Waals surface area contributed by atoms with Crippen molar-refractivity contribution in [1.29, 1.82) is 0 Å². The Bertz CT molecular complexity index is 435. The Morgan fingerprint density at radius 2 is 2.06 bits per heavy atom. The van der Waals surface area contributed by atoms with E-state index in [0.29, 0.717) is 11.3 Å². The molecule has 16 heavy (non-hydrogen) atoms. The molecule has 1 aromatic rings. The van der Waals surface area contributed by atoms with Gasteiger partial charge in [-0.25, -0.2) is 0 Å². The zero-order valence-electron chi connectivity index (χ0n) is 8.45. The number of nitro groups is 1. The van der Waals surface area contributed by atoms with E-state index in [-0.39, 0.29) is 5.69 Å². The monoisotopic (exact) mass is 223 g/mol. The minimum atomic E-state index is -0.685. The molecule has 0 unspecified atom stereocenters. The van der Waals surface area contributed by atoms with Crippen LogP contribution in [0.3, 0.4) is 0 Å². The largest absolute Gasteiger partial charge is 0.496 e. The van der Waals surface area contributed by atoms with Gasteiger partial charge in [0.1, 0.15) is 18.3 Å². The molecule has 0 fully saturated rings. The normalized spacial score (nSPS) is 14.3. The first-order valence-corrected chi connectivity index (χ1v) is 4.50. The molecule has 1 aliphatic rings. The van der Waals surface area contributed by atoms with Gasteiger partial charge < -0.3 is 14.2 Å². The summed E-state index contributed by atoms with van der Waals surface area (Å²) in [6.45, 7) is 0. The van der Waals surface area contributed by atoms with Crippen LogP contribution in [-0.4, -0.2) is 12.0 Å². The Balaban J connectivity index is 2.38. The fourth-order valence-corrected chi connectivity index (χ4v) is 1.41. The summed E-state index contributed by atoms with van der Waals surface area (Å²) in [5, 5.41) is 10.6. The molecule has 0 atom stereocenters. The Hall–Kier alpha value is -2.24. The second-order valence-corrected chi connectivity index (χ2v) is 3.06. The zero-order chi connectivity index (χ0) is 11.5. The van der Waals surface area contributed by atoms with Crippen molar-refractivity contribution in [3.05, 3.63) is 46.4 Å². The van der Waals surface area contributed by atoms with Gasteiger partial charge in [0.25, 0.3) is 12.0 Å². The van der Waals surface area contributed by atoms with Crippen LogP contribution in [0.2, 0.25) is 0 Å². The Kier molecular flexibility index (Phi) is 2.63. The summed E-state index contributed by atoms with van der Waals surface area (Å²) >= 11 is 0. The van der Waals surface area contributed by atoms with Gasteiger partial charge in [-0.3, -0.25) is 10.1 Å². The quantitative estimate of drug-likeness (QED) is 0.579. The highest BCUT2D eigenvalue weighted by molar-refractivity contribution is 5.44. The summed E-state index contributed by atoms with van der Waals surface area (Å²) in [6, 6.07) is 4.25. The third-order valence-corrected chi connectivity index (χ3v) is 2.14. The third kappa shape index (κ3) is 1.77. The summed E-state index contributed by atoms with van der Waals surface area (Å²) in [4.78, 5) is 10.2. The Labute approximate surface area is 91.2 Å². The predicted octanol–water partition coefficient (Wildman–Crippen LogP) is 2.12.